The Balaban J connectivity index is 1.32. The zero-order valence-electron chi connectivity index (χ0n) is 21.2. The predicted octanol–water partition coefficient (Wildman–Crippen LogP) is 8.14. The number of aromatic nitrogens is 1. The second kappa shape index (κ2) is 14.6. The lowest BCUT2D eigenvalue weighted by Gasteiger charge is -2.37. The van der Waals surface area contributed by atoms with E-state index < -0.39 is 0 Å². The van der Waals surface area contributed by atoms with Gasteiger partial charge in [-0.2, -0.15) is 0 Å². The largest absolute Gasteiger partial charge is 0.478 e. The van der Waals surface area contributed by atoms with Gasteiger partial charge in [0, 0.05) is 6.07 Å². The molecule has 2 aliphatic rings. The Bertz CT molecular complexity index is 658. The van der Waals surface area contributed by atoms with E-state index in [2.05, 4.69) is 18.8 Å². The van der Waals surface area contributed by atoms with E-state index in [4.69, 9.17) is 9.47 Å². The maximum atomic E-state index is 12.7. The van der Waals surface area contributed by atoms with Crippen LogP contribution in [-0.2, 0) is 4.79 Å². The lowest BCUT2D eigenvalue weighted by molar-refractivity contribution is -0.140. The monoisotopic (exact) mass is 457 g/mol. The molecule has 0 aliphatic heterocycles. The molecule has 0 saturated heterocycles. The minimum atomic E-state index is -0.0809. The maximum Gasteiger partial charge on any atom is 0.314 e. The molecular weight excluding hydrogens is 410 g/mol. The zero-order chi connectivity index (χ0) is 23.3. The van der Waals surface area contributed by atoms with E-state index in [0.717, 1.165) is 37.0 Å². The summed E-state index contributed by atoms with van der Waals surface area (Å²) in [5.74, 6) is 3.78. The number of esters is 1. The minimum absolute atomic E-state index is 0.0427. The first-order valence-corrected chi connectivity index (χ1v) is 14.0. The highest BCUT2D eigenvalue weighted by atomic mass is 16.5. The molecule has 3 rings (SSSR count). The van der Waals surface area contributed by atoms with Crippen LogP contribution in [0, 0.1) is 23.7 Å². The Hall–Kier alpha value is -1.58. The summed E-state index contributed by atoms with van der Waals surface area (Å²) >= 11 is 0. The number of carbonyl (C=O) groups is 1. The molecule has 33 heavy (non-hydrogen) atoms. The zero-order valence-corrected chi connectivity index (χ0v) is 21.2. The van der Waals surface area contributed by atoms with Gasteiger partial charge in [0.2, 0.25) is 5.88 Å². The molecule has 1 aromatic heterocycles. The van der Waals surface area contributed by atoms with E-state index >= 15 is 0 Å². The summed E-state index contributed by atoms with van der Waals surface area (Å²) in [5, 5.41) is 0. The fourth-order valence-corrected chi connectivity index (χ4v) is 5.88. The number of unbranched alkanes of at least 4 members (excludes halogenated alkanes) is 5. The first kappa shape index (κ1) is 26.0. The molecule has 2 fully saturated rings. The molecular formula is C29H47NO3. The SMILES string of the molecule is CCCCCCC1CCC(C2CCC(C(=O)Oc3ccc(OCCCCC)nc3)CC2)CC1. The summed E-state index contributed by atoms with van der Waals surface area (Å²) in [4.78, 5) is 17.0. The van der Waals surface area contributed by atoms with Crippen LogP contribution in [0.3, 0.4) is 0 Å². The normalized spacial score (nSPS) is 25.5. The van der Waals surface area contributed by atoms with Crippen LogP contribution >= 0.6 is 0 Å². The van der Waals surface area contributed by atoms with Gasteiger partial charge in [0.25, 0.3) is 0 Å². The minimum Gasteiger partial charge on any atom is -0.478 e. The highest BCUT2D eigenvalue weighted by molar-refractivity contribution is 5.75. The highest BCUT2D eigenvalue weighted by Crippen LogP contribution is 2.42. The molecule has 0 aromatic carbocycles. The van der Waals surface area contributed by atoms with Gasteiger partial charge in [-0.25, -0.2) is 4.98 Å². The molecule has 1 aromatic rings. The van der Waals surface area contributed by atoms with Crippen molar-refractivity contribution in [3.05, 3.63) is 18.3 Å². The average Bonchev–Trinajstić information content (AvgIpc) is 2.86. The summed E-state index contributed by atoms with van der Waals surface area (Å²) in [6.07, 6.45) is 22.1. The van der Waals surface area contributed by atoms with Crippen molar-refractivity contribution < 1.29 is 14.3 Å². The molecule has 0 unspecified atom stereocenters. The van der Waals surface area contributed by atoms with E-state index in [0.29, 0.717) is 18.2 Å². The Kier molecular flexibility index (Phi) is 11.5. The standard InChI is InChI=1S/C29H47NO3/c1-3-5-7-8-10-23-11-13-24(14-12-23)25-15-17-26(18-16-25)29(31)33-27-19-20-28(30-22-27)32-21-9-6-4-2/h19-20,22-26H,3-18,21H2,1-2H3. The topological polar surface area (TPSA) is 48.4 Å². The Morgan fingerprint density at radius 2 is 1.52 bits per heavy atom. The van der Waals surface area contributed by atoms with Gasteiger partial charge in [-0.3, -0.25) is 4.79 Å². The van der Waals surface area contributed by atoms with Crippen molar-refractivity contribution in [3.8, 4) is 11.6 Å². The maximum absolute atomic E-state index is 12.7. The van der Waals surface area contributed by atoms with Crippen molar-refractivity contribution >= 4 is 5.97 Å². The molecule has 4 heteroatoms. The number of hydrogen-bond donors (Lipinski definition) is 0. The van der Waals surface area contributed by atoms with Crippen LogP contribution in [0.2, 0.25) is 0 Å². The first-order valence-electron chi connectivity index (χ1n) is 14.0. The van der Waals surface area contributed by atoms with Crippen LogP contribution in [0.4, 0.5) is 0 Å². The molecule has 0 amide bonds. The number of ether oxygens (including phenoxy) is 2. The summed E-state index contributed by atoms with van der Waals surface area (Å²) in [5.41, 5.74) is 0. The quantitative estimate of drug-likeness (QED) is 0.221. The first-order chi connectivity index (χ1) is 16.2. The van der Waals surface area contributed by atoms with Crippen LogP contribution in [0.25, 0.3) is 0 Å². The van der Waals surface area contributed by atoms with E-state index in [1.807, 2.05) is 0 Å². The van der Waals surface area contributed by atoms with E-state index in [9.17, 15) is 4.79 Å². The van der Waals surface area contributed by atoms with Gasteiger partial charge in [0.15, 0.2) is 0 Å². The van der Waals surface area contributed by atoms with Gasteiger partial charge in [-0.05, 0) is 68.8 Å². The van der Waals surface area contributed by atoms with Gasteiger partial charge in [0.05, 0.1) is 18.7 Å². The van der Waals surface area contributed by atoms with E-state index in [1.165, 1.54) is 83.5 Å². The van der Waals surface area contributed by atoms with Gasteiger partial charge in [0.1, 0.15) is 5.75 Å². The van der Waals surface area contributed by atoms with Crippen molar-refractivity contribution in [2.24, 2.45) is 23.7 Å². The lowest BCUT2D eigenvalue weighted by Crippen LogP contribution is -2.30. The predicted molar refractivity (Wildman–Crippen MR) is 135 cm³/mol. The number of carbonyl (C=O) groups excluding carboxylic acids is 1. The fourth-order valence-electron chi connectivity index (χ4n) is 5.88. The molecule has 0 atom stereocenters. The molecule has 4 nitrogen and oxygen atoms in total. The smallest absolute Gasteiger partial charge is 0.314 e. The summed E-state index contributed by atoms with van der Waals surface area (Å²) in [6, 6.07) is 3.60. The van der Waals surface area contributed by atoms with Crippen LogP contribution in [0.1, 0.15) is 117 Å². The molecule has 2 saturated carbocycles. The third kappa shape index (κ3) is 8.94. The van der Waals surface area contributed by atoms with Crippen LogP contribution < -0.4 is 9.47 Å². The van der Waals surface area contributed by atoms with E-state index in [-0.39, 0.29) is 11.9 Å². The van der Waals surface area contributed by atoms with Gasteiger partial charge in [-0.1, -0.05) is 71.6 Å². The van der Waals surface area contributed by atoms with Gasteiger partial charge < -0.3 is 9.47 Å². The third-order valence-electron chi connectivity index (χ3n) is 8.05. The number of rotatable bonds is 13. The molecule has 0 spiro atoms. The Morgan fingerprint density at radius 1 is 0.848 bits per heavy atom. The Morgan fingerprint density at radius 3 is 2.15 bits per heavy atom. The van der Waals surface area contributed by atoms with Crippen molar-refractivity contribution in [1.82, 2.24) is 4.98 Å². The van der Waals surface area contributed by atoms with Crippen molar-refractivity contribution in [2.75, 3.05) is 6.61 Å². The summed E-state index contributed by atoms with van der Waals surface area (Å²) < 4.78 is 11.3. The van der Waals surface area contributed by atoms with Crippen molar-refractivity contribution in [3.63, 3.8) is 0 Å². The average molecular weight is 458 g/mol. The molecule has 1 heterocycles. The molecule has 0 radical (unpaired) electrons. The molecule has 0 bridgehead atoms. The van der Waals surface area contributed by atoms with Crippen molar-refractivity contribution in [2.45, 2.75) is 117 Å². The van der Waals surface area contributed by atoms with E-state index in [1.54, 1.807) is 18.3 Å². The fraction of sp³-hybridized carbons (Fsp3) is 0.793. The molecule has 0 N–H and O–H groups in total. The number of nitrogens with zero attached hydrogens (tertiary/aromatic N) is 1. The number of hydrogen-bond acceptors (Lipinski definition) is 4. The highest BCUT2D eigenvalue weighted by Gasteiger charge is 2.33. The van der Waals surface area contributed by atoms with Crippen LogP contribution in [-0.4, -0.2) is 17.6 Å². The molecule has 2 aliphatic carbocycles. The summed E-state index contributed by atoms with van der Waals surface area (Å²) in [6.45, 7) is 5.15. The second-order valence-electron chi connectivity index (χ2n) is 10.6. The molecule has 186 valence electrons. The third-order valence-corrected chi connectivity index (χ3v) is 8.05. The van der Waals surface area contributed by atoms with Gasteiger partial charge >= 0.3 is 5.97 Å². The lowest BCUT2D eigenvalue weighted by atomic mass is 9.68. The summed E-state index contributed by atoms with van der Waals surface area (Å²) in [7, 11) is 0. The Labute approximate surface area is 202 Å². The van der Waals surface area contributed by atoms with Crippen LogP contribution in [0.15, 0.2) is 18.3 Å². The van der Waals surface area contributed by atoms with Crippen molar-refractivity contribution in [1.29, 1.82) is 0 Å². The van der Waals surface area contributed by atoms with Gasteiger partial charge in [-0.15, -0.1) is 0 Å². The second-order valence-corrected chi connectivity index (χ2v) is 10.6. The van der Waals surface area contributed by atoms with Crippen LogP contribution in [0.5, 0.6) is 11.6 Å². The number of pyridine rings is 1.